The molecule has 0 amide bonds. The van der Waals surface area contributed by atoms with E-state index >= 15 is 0 Å². The Hall–Kier alpha value is -1.66. The summed E-state index contributed by atoms with van der Waals surface area (Å²) >= 11 is 0. The van der Waals surface area contributed by atoms with Crippen molar-refractivity contribution in [3.63, 3.8) is 0 Å². The molecular formula is C13H17N3O2S. The minimum Gasteiger partial charge on any atom is -0.241 e. The predicted molar refractivity (Wildman–Crippen MR) is 74.2 cm³/mol. The average molecular weight is 279 g/mol. The van der Waals surface area contributed by atoms with E-state index in [0.29, 0.717) is 17.9 Å². The average Bonchev–Trinajstić information content (AvgIpc) is 2.72. The van der Waals surface area contributed by atoms with Crippen molar-refractivity contribution in [1.82, 2.24) is 13.3 Å². The van der Waals surface area contributed by atoms with E-state index in [-0.39, 0.29) is 0 Å². The molecule has 0 bridgehead atoms. The highest BCUT2D eigenvalue weighted by molar-refractivity contribution is 7.87. The molecule has 2 rings (SSSR count). The molecular weight excluding hydrogens is 262 g/mol. The third-order valence-electron chi connectivity index (χ3n) is 2.88. The fourth-order valence-corrected chi connectivity index (χ4v) is 3.00. The standard InChI is InChI=1S/C13H17N3O2S/c1-11-14-10-13(9-12-7-5-4-6-8-12)16(11)19(17,18)15(2)3/h4-8,10H,9H2,1-3H3. The first-order chi connectivity index (χ1) is 8.93. The largest absolute Gasteiger partial charge is 0.308 e. The molecule has 0 aliphatic rings. The first-order valence-corrected chi connectivity index (χ1v) is 7.33. The Bertz CT molecular complexity index is 660. The molecule has 2 aromatic rings. The maximum absolute atomic E-state index is 12.3. The zero-order chi connectivity index (χ0) is 14.0. The van der Waals surface area contributed by atoms with Crippen molar-refractivity contribution in [2.75, 3.05) is 14.1 Å². The highest BCUT2D eigenvalue weighted by atomic mass is 32.2. The van der Waals surface area contributed by atoms with Crippen molar-refractivity contribution in [3.05, 3.63) is 53.6 Å². The second kappa shape index (κ2) is 5.14. The van der Waals surface area contributed by atoms with E-state index < -0.39 is 10.2 Å². The number of benzene rings is 1. The van der Waals surface area contributed by atoms with Crippen LogP contribution in [0.25, 0.3) is 0 Å². The van der Waals surface area contributed by atoms with Crippen molar-refractivity contribution in [3.8, 4) is 0 Å². The van der Waals surface area contributed by atoms with Crippen LogP contribution in [-0.4, -0.2) is 35.8 Å². The molecule has 0 saturated heterocycles. The van der Waals surface area contributed by atoms with Gasteiger partial charge in [0, 0.05) is 20.5 Å². The van der Waals surface area contributed by atoms with E-state index in [1.807, 2.05) is 30.3 Å². The lowest BCUT2D eigenvalue weighted by Gasteiger charge is -2.16. The molecule has 0 aliphatic carbocycles. The van der Waals surface area contributed by atoms with Crippen LogP contribution in [0.4, 0.5) is 0 Å². The van der Waals surface area contributed by atoms with Gasteiger partial charge in [-0.15, -0.1) is 0 Å². The van der Waals surface area contributed by atoms with Crippen LogP contribution in [0.5, 0.6) is 0 Å². The third-order valence-corrected chi connectivity index (χ3v) is 4.76. The SMILES string of the molecule is Cc1ncc(Cc2ccccc2)n1S(=O)(=O)N(C)C. The zero-order valence-corrected chi connectivity index (χ0v) is 12.1. The van der Waals surface area contributed by atoms with Crippen LogP contribution < -0.4 is 0 Å². The molecule has 0 radical (unpaired) electrons. The predicted octanol–water partition coefficient (Wildman–Crippen LogP) is 1.44. The molecule has 19 heavy (non-hydrogen) atoms. The Morgan fingerprint density at radius 3 is 2.42 bits per heavy atom. The second-order valence-electron chi connectivity index (χ2n) is 4.51. The van der Waals surface area contributed by atoms with Crippen LogP contribution >= 0.6 is 0 Å². The van der Waals surface area contributed by atoms with Crippen molar-refractivity contribution in [2.45, 2.75) is 13.3 Å². The number of aryl methyl sites for hydroxylation is 1. The molecule has 0 spiro atoms. The van der Waals surface area contributed by atoms with Gasteiger partial charge in [-0.2, -0.15) is 12.7 Å². The summed E-state index contributed by atoms with van der Waals surface area (Å²) in [5.41, 5.74) is 1.72. The lowest BCUT2D eigenvalue weighted by Crippen LogP contribution is -2.30. The van der Waals surface area contributed by atoms with Crippen LogP contribution in [0.3, 0.4) is 0 Å². The molecule has 5 nitrogen and oxygen atoms in total. The van der Waals surface area contributed by atoms with Gasteiger partial charge in [-0.25, -0.2) is 8.96 Å². The number of hydrogen-bond acceptors (Lipinski definition) is 3. The van der Waals surface area contributed by atoms with E-state index in [1.165, 1.54) is 22.4 Å². The summed E-state index contributed by atoms with van der Waals surface area (Å²) in [6.45, 7) is 1.69. The van der Waals surface area contributed by atoms with E-state index in [1.54, 1.807) is 13.1 Å². The van der Waals surface area contributed by atoms with Gasteiger partial charge in [0.15, 0.2) is 0 Å². The van der Waals surface area contributed by atoms with Crippen LogP contribution in [0.15, 0.2) is 36.5 Å². The van der Waals surface area contributed by atoms with Crippen LogP contribution in [0, 0.1) is 6.92 Å². The third kappa shape index (κ3) is 2.69. The maximum Gasteiger partial charge on any atom is 0.308 e. The summed E-state index contributed by atoms with van der Waals surface area (Å²) in [5, 5.41) is 0. The Morgan fingerprint density at radius 2 is 1.84 bits per heavy atom. The Morgan fingerprint density at radius 1 is 1.21 bits per heavy atom. The first kappa shape index (κ1) is 13.8. The van der Waals surface area contributed by atoms with Gasteiger partial charge in [-0.3, -0.25) is 0 Å². The molecule has 0 fully saturated rings. The summed E-state index contributed by atoms with van der Waals surface area (Å²) in [4.78, 5) is 4.12. The lowest BCUT2D eigenvalue weighted by atomic mass is 10.1. The summed E-state index contributed by atoms with van der Waals surface area (Å²) in [6, 6.07) is 9.74. The van der Waals surface area contributed by atoms with E-state index in [4.69, 9.17) is 0 Å². The molecule has 0 unspecified atom stereocenters. The van der Waals surface area contributed by atoms with Crippen LogP contribution in [0.1, 0.15) is 17.1 Å². The van der Waals surface area contributed by atoms with Gasteiger partial charge in [-0.1, -0.05) is 30.3 Å². The van der Waals surface area contributed by atoms with Crippen molar-refractivity contribution in [1.29, 1.82) is 0 Å². The highest BCUT2D eigenvalue weighted by Gasteiger charge is 2.22. The van der Waals surface area contributed by atoms with Crippen molar-refractivity contribution < 1.29 is 8.42 Å². The molecule has 0 saturated carbocycles. The van der Waals surface area contributed by atoms with Gasteiger partial charge < -0.3 is 0 Å². The summed E-state index contributed by atoms with van der Waals surface area (Å²) < 4.78 is 27.0. The smallest absolute Gasteiger partial charge is 0.241 e. The highest BCUT2D eigenvalue weighted by Crippen LogP contribution is 2.15. The number of hydrogen-bond donors (Lipinski definition) is 0. The molecule has 6 heteroatoms. The summed E-state index contributed by atoms with van der Waals surface area (Å²) in [6.07, 6.45) is 2.15. The number of nitrogens with zero attached hydrogens (tertiary/aromatic N) is 3. The van der Waals surface area contributed by atoms with Gasteiger partial charge in [0.2, 0.25) is 0 Å². The Kier molecular flexibility index (Phi) is 3.73. The fourth-order valence-electron chi connectivity index (χ4n) is 1.88. The number of aromatic nitrogens is 2. The summed E-state index contributed by atoms with van der Waals surface area (Å²) in [7, 11) is -0.498. The van der Waals surface area contributed by atoms with Gasteiger partial charge >= 0.3 is 10.2 Å². The van der Waals surface area contributed by atoms with Crippen LogP contribution in [-0.2, 0) is 16.6 Å². The molecule has 102 valence electrons. The van der Waals surface area contributed by atoms with Crippen molar-refractivity contribution in [2.24, 2.45) is 0 Å². The Balaban J connectivity index is 2.45. The maximum atomic E-state index is 12.3. The number of rotatable bonds is 4. The van der Waals surface area contributed by atoms with Gasteiger partial charge in [0.25, 0.3) is 0 Å². The van der Waals surface area contributed by atoms with E-state index in [0.717, 1.165) is 5.56 Å². The van der Waals surface area contributed by atoms with E-state index in [2.05, 4.69) is 4.98 Å². The summed E-state index contributed by atoms with van der Waals surface area (Å²) in [5.74, 6) is 0.472. The van der Waals surface area contributed by atoms with E-state index in [9.17, 15) is 8.42 Å². The fraction of sp³-hybridized carbons (Fsp3) is 0.308. The molecule has 0 aliphatic heterocycles. The quantitative estimate of drug-likeness (QED) is 0.851. The minimum atomic E-state index is -3.53. The number of imidazole rings is 1. The van der Waals surface area contributed by atoms with Gasteiger partial charge in [0.1, 0.15) is 5.82 Å². The van der Waals surface area contributed by atoms with Crippen LogP contribution in [0.2, 0.25) is 0 Å². The molecule has 0 N–H and O–H groups in total. The van der Waals surface area contributed by atoms with Crippen molar-refractivity contribution >= 4 is 10.2 Å². The zero-order valence-electron chi connectivity index (χ0n) is 11.2. The lowest BCUT2D eigenvalue weighted by molar-refractivity contribution is 0.507. The Labute approximate surface area is 113 Å². The monoisotopic (exact) mass is 279 g/mol. The first-order valence-electron chi connectivity index (χ1n) is 5.93. The topological polar surface area (TPSA) is 55.2 Å². The molecule has 1 heterocycles. The molecule has 0 atom stereocenters. The second-order valence-corrected chi connectivity index (χ2v) is 6.50. The molecule has 1 aromatic carbocycles. The normalized spacial score (nSPS) is 12.0. The minimum absolute atomic E-state index is 0.472. The van der Waals surface area contributed by atoms with Gasteiger partial charge in [-0.05, 0) is 12.5 Å². The molecule has 1 aromatic heterocycles. The van der Waals surface area contributed by atoms with Gasteiger partial charge in [0.05, 0.1) is 11.9 Å².